The lowest BCUT2D eigenvalue weighted by molar-refractivity contribution is -0.384. The molecular formula is C19H24N4O5. The first-order valence-corrected chi connectivity index (χ1v) is 9.46. The fraction of sp³-hybridized carbons (Fsp3) is 0.526. The average molecular weight is 388 g/mol. The normalized spacial score (nSPS) is 25.0. The number of imide groups is 1. The summed E-state index contributed by atoms with van der Waals surface area (Å²) in [6.45, 7) is 3.90. The van der Waals surface area contributed by atoms with Crippen LogP contribution in [0.15, 0.2) is 24.3 Å². The Bertz CT molecular complexity index is 809. The molecule has 0 saturated carbocycles. The number of hydrogen-bond acceptors (Lipinski definition) is 5. The molecule has 2 aliphatic rings. The van der Waals surface area contributed by atoms with Crippen LogP contribution in [0.25, 0.3) is 0 Å². The molecule has 0 bridgehead atoms. The van der Waals surface area contributed by atoms with E-state index in [1.54, 1.807) is 4.90 Å². The number of amides is 4. The lowest BCUT2D eigenvalue weighted by atomic mass is 9.92. The Balaban J connectivity index is 1.77. The first-order valence-electron chi connectivity index (χ1n) is 9.46. The molecule has 2 unspecified atom stereocenters. The highest BCUT2D eigenvalue weighted by atomic mass is 16.6. The van der Waals surface area contributed by atoms with E-state index in [9.17, 15) is 24.5 Å². The highest BCUT2D eigenvalue weighted by Crippen LogP contribution is 2.30. The third-order valence-corrected chi connectivity index (χ3v) is 5.64. The van der Waals surface area contributed by atoms with Crippen LogP contribution in [0.4, 0.5) is 10.5 Å². The van der Waals surface area contributed by atoms with E-state index in [1.807, 2.05) is 6.92 Å². The van der Waals surface area contributed by atoms with E-state index < -0.39 is 22.4 Å². The van der Waals surface area contributed by atoms with Crippen molar-refractivity contribution in [2.45, 2.75) is 51.1 Å². The van der Waals surface area contributed by atoms with Gasteiger partial charge in [-0.2, -0.15) is 0 Å². The molecule has 1 N–H and O–H groups in total. The monoisotopic (exact) mass is 388 g/mol. The van der Waals surface area contributed by atoms with Crippen molar-refractivity contribution in [2.24, 2.45) is 0 Å². The number of non-ortho nitro benzene ring substituents is 1. The van der Waals surface area contributed by atoms with Gasteiger partial charge in [-0.15, -0.1) is 0 Å². The maximum Gasteiger partial charge on any atom is 0.325 e. The molecule has 9 heteroatoms. The average Bonchev–Trinajstić information content (AvgIpc) is 2.91. The van der Waals surface area contributed by atoms with E-state index in [0.29, 0.717) is 12.1 Å². The van der Waals surface area contributed by atoms with Gasteiger partial charge in [0.05, 0.1) is 4.92 Å². The van der Waals surface area contributed by atoms with Crippen molar-refractivity contribution in [1.29, 1.82) is 0 Å². The second-order valence-corrected chi connectivity index (χ2v) is 7.40. The minimum absolute atomic E-state index is 0.105. The zero-order valence-corrected chi connectivity index (χ0v) is 16.0. The van der Waals surface area contributed by atoms with Gasteiger partial charge in [0.2, 0.25) is 5.91 Å². The third kappa shape index (κ3) is 3.44. The number of hydrogen-bond donors (Lipinski definition) is 1. The van der Waals surface area contributed by atoms with E-state index in [1.165, 1.54) is 31.2 Å². The number of carbonyl (C=O) groups excluding carboxylic acids is 3. The van der Waals surface area contributed by atoms with E-state index >= 15 is 0 Å². The van der Waals surface area contributed by atoms with Crippen molar-refractivity contribution in [3.05, 3.63) is 39.9 Å². The van der Waals surface area contributed by atoms with E-state index in [2.05, 4.69) is 5.32 Å². The number of nitrogens with one attached hydrogen (secondary N) is 1. The van der Waals surface area contributed by atoms with Crippen LogP contribution in [0.5, 0.6) is 0 Å². The molecule has 2 aliphatic heterocycles. The molecule has 2 atom stereocenters. The summed E-state index contributed by atoms with van der Waals surface area (Å²) < 4.78 is 0. The van der Waals surface area contributed by atoms with Crippen molar-refractivity contribution >= 4 is 23.5 Å². The highest BCUT2D eigenvalue weighted by molar-refractivity contribution is 6.09. The summed E-state index contributed by atoms with van der Waals surface area (Å²) in [6.07, 6.45) is 3.77. The van der Waals surface area contributed by atoms with Crippen LogP contribution in [-0.4, -0.2) is 51.7 Å². The summed E-state index contributed by atoms with van der Waals surface area (Å²) in [6, 6.07) is 4.96. The molecule has 9 nitrogen and oxygen atoms in total. The molecule has 150 valence electrons. The van der Waals surface area contributed by atoms with E-state index in [0.717, 1.165) is 30.6 Å². The molecule has 1 aromatic rings. The number of likely N-dealkylation sites (tertiary alicyclic amines) is 1. The number of urea groups is 1. The Morgan fingerprint density at radius 3 is 2.57 bits per heavy atom. The summed E-state index contributed by atoms with van der Waals surface area (Å²) in [4.78, 5) is 51.2. The van der Waals surface area contributed by atoms with Crippen LogP contribution < -0.4 is 5.32 Å². The number of piperidine rings is 1. The smallest absolute Gasteiger partial charge is 0.325 e. The van der Waals surface area contributed by atoms with Gasteiger partial charge in [0, 0.05) is 24.7 Å². The molecule has 0 radical (unpaired) electrons. The molecule has 0 aliphatic carbocycles. The number of nitrogens with zero attached hydrogens (tertiary/aromatic N) is 3. The Kier molecular flexibility index (Phi) is 5.35. The van der Waals surface area contributed by atoms with Gasteiger partial charge >= 0.3 is 6.03 Å². The van der Waals surface area contributed by atoms with Gasteiger partial charge in [-0.05, 0) is 50.3 Å². The van der Waals surface area contributed by atoms with Crippen LogP contribution in [0.3, 0.4) is 0 Å². The molecule has 0 spiro atoms. The van der Waals surface area contributed by atoms with Crippen LogP contribution in [0.1, 0.15) is 45.1 Å². The zero-order chi connectivity index (χ0) is 20.5. The SMILES string of the molecule is CCC1CCCCN1C(=O)CN1C(=O)NC(C)(c2ccc([N+](=O)[O-])cc2)C1=O. The quantitative estimate of drug-likeness (QED) is 0.472. The predicted octanol–water partition coefficient (Wildman–Crippen LogP) is 2.15. The minimum atomic E-state index is -1.36. The van der Waals surface area contributed by atoms with Crippen molar-refractivity contribution in [3.63, 3.8) is 0 Å². The molecule has 3 rings (SSSR count). The van der Waals surface area contributed by atoms with Gasteiger partial charge < -0.3 is 10.2 Å². The number of carbonyl (C=O) groups is 3. The van der Waals surface area contributed by atoms with Gasteiger partial charge in [-0.1, -0.05) is 6.92 Å². The van der Waals surface area contributed by atoms with Gasteiger partial charge in [-0.3, -0.25) is 24.6 Å². The molecule has 0 aromatic heterocycles. The topological polar surface area (TPSA) is 113 Å². The predicted molar refractivity (Wildman–Crippen MR) is 100 cm³/mol. The lowest BCUT2D eigenvalue weighted by Crippen LogP contribution is -2.49. The molecule has 4 amide bonds. The number of benzene rings is 1. The Morgan fingerprint density at radius 2 is 1.96 bits per heavy atom. The lowest BCUT2D eigenvalue weighted by Gasteiger charge is -2.36. The summed E-state index contributed by atoms with van der Waals surface area (Å²) in [5.41, 5.74) is -1.04. The molecule has 28 heavy (non-hydrogen) atoms. The molecule has 1 aromatic carbocycles. The number of nitro benzene ring substituents is 1. The van der Waals surface area contributed by atoms with Crippen LogP contribution in [0, 0.1) is 10.1 Å². The fourth-order valence-corrected chi connectivity index (χ4v) is 3.93. The summed E-state index contributed by atoms with van der Waals surface area (Å²) in [5.74, 6) is -0.771. The van der Waals surface area contributed by atoms with E-state index in [-0.39, 0.29) is 24.2 Å². The number of nitro groups is 1. The second-order valence-electron chi connectivity index (χ2n) is 7.40. The van der Waals surface area contributed by atoms with Gasteiger partial charge in [-0.25, -0.2) is 4.79 Å². The highest BCUT2D eigenvalue weighted by Gasteiger charge is 2.50. The summed E-state index contributed by atoms with van der Waals surface area (Å²) in [7, 11) is 0. The maximum atomic E-state index is 13.0. The minimum Gasteiger partial charge on any atom is -0.338 e. The molecule has 2 saturated heterocycles. The molecule has 2 fully saturated rings. The third-order valence-electron chi connectivity index (χ3n) is 5.64. The Labute approximate surface area is 162 Å². The van der Waals surface area contributed by atoms with E-state index in [4.69, 9.17) is 0 Å². The van der Waals surface area contributed by atoms with Crippen molar-refractivity contribution in [2.75, 3.05) is 13.1 Å². The van der Waals surface area contributed by atoms with Crippen LogP contribution in [0.2, 0.25) is 0 Å². The standard InChI is InChI=1S/C19H24N4O5/c1-3-14-6-4-5-11-21(14)16(24)12-22-17(25)19(2,20-18(22)26)13-7-9-15(10-8-13)23(27)28/h7-10,14H,3-6,11-12H2,1-2H3,(H,20,26). The zero-order valence-electron chi connectivity index (χ0n) is 16.0. The van der Waals surface area contributed by atoms with Gasteiger partial charge in [0.25, 0.3) is 11.6 Å². The second kappa shape index (κ2) is 7.57. The largest absolute Gasteiger partial charge is 0.338 e. The summed E-state index contributed by atoms with van der Waals surface area (Å²) >= 11 is 0. The summed E-state index contributed by atoms with van der Waals surface area (Å²) in [5, 5.41) is 13.4. The number of rotatable bonds is 5. The van der Waals surface area contributed by atoms with Crippen LogP contribution >= 0.6 is 0 Å². The van der Waals surface area contributed by atoms with Crippen molar-refractivity contribution in [1.82, 2.24) is 15.1 Å². The van der Waals surface area contributed by atoms with Gasteiger partial charge in [0.1, 0.15) is 12.1 Å². The Morgan fingerprint density at radius 1 is 1.29 bits per heavy atom. The van der Waals surface area contributed by atoms with Crippen molar-refractivity contribution < 1.29 is 19.3 Å². The first-order chi connectivity index (χ1) is 13.3. The fourth-order valence-electron chi connectivity index (χ4n) is 3.93. The molecular weight excluding hydrogens is 364 g/mol. The maximum absolute atomic E-state index is 13.0. The Hall–Kier alpha value is -2.97. The molecule has 2 heterocycles. The van der Waals surface area contributed by atoms with Gasteiger partial charge in [0.15, 0.2) is 0 Å². The first kappa shape index (κ1) is 19.8. The van der Waals surface area contributed by atoms with Crippen LogP contribution in [-0.2, 0) is 15.1 Å². The van der Waals surface area contributed by atoms with Crippen molar-refractivity contribution in [3.8, 4) is 0 Å².